The van der Waals surface area contributed by atoms with Gasteiger partial charge in [0.15, 0.2) is 9.84 Å². The van der Waals surface area contributed by atoms with Gasteiger partial charge in [0.05, 0.1) is 10.6 Å². The lowest BCUT2D eigenvalue weighted by Crippen LogP contribution is -2.43. The number of hydrogen-bond donors (Lipinski definition) is 1. The Balaban J connectivity index is 2.30. The van der Waals surface area contributed by atoms with E-state index in [-0.39, 0.29) is 5.75 Å². The molecule has 0 spiro atoms. The zero-order chi connectivity index (χ0) is 13.2. The first-order chi connectivity index (χ1) is 8.54. The van der Waals surface area contributed by atoms with Gasteiger partial charge in [-0.3, -0.25) is 0 Å². The molecule has 0 amide bonds. The lowest BCUT2D eigenvalue weighted by atomic mass is 10.1. The van der Waals surface area contributed by atoms with Crippen LogP contribution in [0.3, 0.4) is 0 Å². The summed E-state index contributed by atoms with van der Waals surface area (Å²) in [5.41, 5.74) is 2.18. The van der Waals surface area contributed by atoms with Gasteiger partial charge in [0, 0.05) is 31.9 Å². The van der Waals surface area contributed by atoms with Crippen LogP contribution in [-0.4, -0.2) is 40.3 Å². The number of rotatable bonds is 3. The molecule has 1 aliphatic heterocycles. The van der Waals surface area contributed by atoms with Crippen LogP contribution < -0.4 is 10.2 Å². The molecule has 1 aromatic rings. The van der Waals surface area contributed by atoms with Gasteiger partial charge in [0.2, 0.25) is 0 Å². The van der Waals surface area contributed by atoms with E-state index in [4.69, 9.17) is 0 Å². The molecule has 0 radical (unpaired) electrons. The van der Waals surface area contributed by atoms with Crippen LogP contribution in [0.4, 0.5) is 5.69 Å². The molecule has 100 valence electrons. The van der Waals surface area contributed by atoms with Gasteiger partial charge in [-0.15, -0.1) is 0 Å². The molecule has 1 saturated heterocycles. The minimum atomic E-state index is -3.10. The number of aryl methyl sites for hydroxylation is 1. The SMILES string of the molecule is CCS(=O)(=O)c1ccc(N2CCNCC2)c(C)c1. The Labute approximate surface area is 109 Å². The smallest absolute Gasteiger partial charge is 0.178 e. The molecule has 18 heavy (non-hydrogen) atoms. The summed E-state index contributed by atoms with van der Waals surface area (Å²) >= 11 is 0. The highest BCUT2D eigenvalue weighted by Gasteiger charge is 2.16. The molecule has 1 aromatic carbocycles. The zero-order valence-electron chi connectivity index (χ0n) is 10.9. The van der Waals surface area contributed by atoms with Crippen LogP contribution in [0.25, 0.3) is 0 Å². The summed E-state index contributed by atoms with van der Waals surface area (Å²) in [5, 5.41) is 3.31. The molecule has 0 unspecified atom stereocenters. The van der Waals surface area contributed by atoms with E-state index in [0.29, 0.717) is 4.90 Å². The van der Waals surface area contributed by atoms with Crippen LogP contribution in [0.1, 0.15) is 12.5 Å². The van der Waals surface area contributed by atoms with Crippen molar-refractivity contribution >= 4 is 15.5 Å². The largest absolute Gasteiger partial charge is 0.369 e. The average molecular weight is 268 g/mol. The Hall–Kier alpha value is -1.07. The number of sulfone groups is 1. The lowest BCUT2D eigenvalue weighted by Gasteiger charge is -2.30. The average Bonchev–Trinajstić information content (AvgIpc) is 2.39. The number of nitrogens with zero attached hydrogens (tertiary/aromatic N) is 1. The van der Waals surface area contributed by atoms with Crippen LogP contribution >= 0.6 is 0 Å². The van der Waals surface area contributed by atoms with Gasteiger partial charge in [-0.1, -0.05) is 6.92 Å². The maximum Gasteiger partial charge on any atom is 0.178 e. The summed E-state index contributed by atoms with van der Waals surface area (Å²) in [5.74, 6) is 0.152. The Kier molecular flexibility index (Phi) is 3.92. The van der Waals surface area contributed by atoms with E-state index in [1.165, 1.54) is 0 Å². The number of hydrogen-bond acceptors (Lipinski definition) is 4. The molecule has 0 atom stereocenters. The molecule has 4 nitrogen and oxygen atoms in total. The number of nitrogens with one attached hydrogen (secondary N) is 1. The molecule has 1 aliphatic rings. The van der Waals surface area contributed by atoms with Crippen LogP contribution in [0.2, 0.25) is 0 Å². The highest BCUT2D eigenvalue weighted by Crippen LogP contribution is 2.24. The Morgan fingerprint density at radius 2 is 1.94 bits per heavy atom. The van der Waals surface area contributed by atoms with E-state index in [9.17, 15) is 8.42 Å². The van der Waals surface area contributed by atoms with Crippen molar-refractivity contribution in [3.05, 3.63) is 23.8 Å². The van der Waals surface area contributed by atoms with Gasteiger partial charge < -0.3 is 10.2 Å². The van der Waals surface area contributed by atoms with Gasteiger partial charge >= 0.3 is 0 Å². The summed E-state index contributed by atoms with van der Waals surface area (Å²) in [6, 6.07) is 5.45. The molecule has 0 aromatic heterocycles. The van der Waals surface area contributed by atoms with Crippen molar-refractivity contribution in [1.82, 2.24) is 5.32 Å². The summed E-state index contributed by atoms with van der Waals surface area (Å²) in [4.78, 5) is 2.73. The van der Waals surface area contributed by atoms with Gasteiger partial charge in [0.25, 0.3) is 0 Å². The first kappa shape index (κ1) is 13.4. The number of piperazine rings is 1. The van der Waals surface area contributed by atoms with E-state index in [0.717, 1.165) is 37.4 Å². The molecule has 1 N–H and O–H groups in total. The van der Waals surface area contributed by atoms with Crippen molar-refractivity contribution < 1.29 is 8.42 Å². The number of benzene rings is 1. The van der Waals surface area contributed by atoms with E-state index in [2.05, 4.69) is 10.2 Å². The third-order valence-corrected chi connectivity index (χ3v) is 5.10. The van der Waals surface area contributed by atoms with E-state index >= 15 is 0 Å². The zero-order valence-corrected chi connectivity index (χ0v) is 11.8. The molecule has 5 heteroatoms. The highest BCUT2D eigenvalue weighted by molar-refractivity contribution is 7.91. The first-order valence-electron chi connectivity index (χ1n) is 6.33. The third-order valence-electron chi connectivity index (χ3n) is 3.37. The van der Waals surface area contributed by atoms with Gasteiger partial charge in [-0.25, -0.2) is 8.42 Å². The Morgan fingerprint density at radius 1 is 1.28 bits per heavy atom. The summed E-state index contributed by atoms with van der Waals surface area (Å²) in [7, 11) is -3.10. The summed E-state index contributed by atoms with van der Waals surface area (Å²) in [6.45, 7) is 7.56. The topological polar surface area (TPSA) is 49.4 Å². The van der Waals surface area contributed by atoms with Crippen molar-refractivity contribution in [3.8, 4) is 0 Å². The maximum absolute atomic E-state index is 11.8. The van der Waals surface area contributed by atoms with Crippen molar-refractivity contribution in [2.45, 2.75) is 18.7 Å². The predicted molar refractivity (Wildman–Crippen MR) is 74.0 cm³/mol. The normalized spacial score (nSPS) is 16.9. The van der Waals surface area contributed by atoms with E-state index in [1.807, 2.05) is 13.0 Å². The second-order valence-electron chi connectivity index (χ2n) is 4.59. The fraction of sp³-hybridized carbons (Fsp3) is 0.538. The first-order valence-corrected chi connectivity index (χ1v) is 7.99. The lowest BCUT2D eigenvalue weighted by molar-refractivity contribution is 0.587. The van der Waals surface area contributed by atoms with Crippen molar-refractivity contribution in [2.24, 2.45) is 0 Å². The van der Waals surface area contributed by atoms with Gasteiger partial charge in [-0.2, -0.15) is 0 Å². The van der Waals surface area contributed by atoms with Crippen molar-refractivity contribution in [3.63, 3.8) is 0 Å². The quantitative estimate of drug-likeness (QED) is 0.895. The van der Waals surface area contributed by atoms with Crippen molar-refractivity contribution in [2.75, 3.05) is 36.8 Å². The fourth-order valence-electron chi connectivity index (χ4n) is 2.25. The van der Waals surface area contributed by atoms with Gasteiger partial charge in [-0.05, 0) is 30.7 Å². The predicted octanol–water partition coefficient (Wildman–Crippen LogP) is 1.20. The summed E-state index contributed by atoms with van der Waals surface area (Å²) < 4.78 is 23.6. The minimum Gasteiger partial charge on any atom is -0.369 e. The van der Waals surface area contributed by atoms with Crippen molar-refractivity contribution in [1.29, 1.82) is 0 Å². The third kappa shape index (κ3) is 2.67. The second kappa shape index (κ2) is 5.28. The Bertz CT molecular complexity index is 520. The Morgan fingerprint density at radius 3 is 2.50 bits per heavy atom. The van der Waals surface area contributed by atoms with Crippen LogP contribution in [0.15, 0.2) is 23.1 Å². The summed E-state index contributed by atoms with van der Waals surface area (Å²) in [6.07, 6.45) is 0. The van der Waals surface area contributed by atoms with Crippen LogP contribution in [0.5, 0.6) is 0 Å². The number of anilines is 1. The van der Waals surface area contributed by atoms with E-state index in [1.54, 1.807) is 19.1 Å². The highest BCUT2D eigenvalue weighted by atomic mass is 32.2. The molecule has 1 fully saturated rings. The van der Waals surface area contributed by atoms with Gasteiger partial charge in [0.1, 0.15) is 0 Å². The molecule has 2 rings (SSSR count). The minimum absolute atomic E-state index is 0.152. The van der Waals surface area contributed by atoms with Crippen LogP contribution in [-0.2, 0) is 9.84 Å². The molecule has 0 saturated carbocycles. The monoisotopic (exact) mass is 268 g/mol. The maximum atomic E-state index is 11.8. The molecular weight excluding hydrogens is 248 g/mol. The molecule has 0 bridgehead atoms. The molecule has 1 heterocycles. The molecular formula is C13H20N2O2S. The standard InChI is InChI=1S/C13H20N2O2S/c1-3-18(16,17)12-4-5-13(11(2)10-12)15-8-6-14-7-9-15/h4-5,10,14H,3,6-9H2,1-2H3. The van der Waals surface area contributed by atoms with Crippen LogP contribution in [0, 0.1) is 6.92 Å². The van der Waals surface area contributed by atoms with E-state index < -0.39 is 9.84 Å². The molecule has 0 aliphatic carbocycles. The fourth-order valence-corrected chi connectivity index (χ4v) is 3.21. The second-order valence-corrected chi connectivity index (χ2v) is 6.87.